The smallest absolute Gasteiger partial charge is 0.168 e. The molecule has 0 fully saturated rings. The van der Waals surface area contributed by atoms with Crippen molar-refractivity contribution in [2.24, 2.45) is 10.4 Å². The summed E-state index contributed by atoms with van der Waals surface area (Å²) in [5, 5.41) is 12.3. The summed E-state index contributed by atoms with van der Waals surface area (Å²) in [6.07, 6.45) is 2.51. The van der Waals surface area contributed by atoms with Crippen molar-refractivity contribution in [3.8, 4) is 0 Å². The number of aliphatic hydroxyl groups excluding tert-OH is 1. The lowest BCUT2D eigenvalue weighted by Crippen LogP contribution is -2.26. The summed E-state index contributed by atoms with van der Waals surface area (Å²) >= 11 is 1.64. The molecule has 24 heavy (non-hydrogen) atoms. The van der Waals surface area contributed by atoms with E-state index in [-0.39, 0.29) is 23.0 Å². The van der Waals surface area contributed by atoms with Crippen molar-refractivity contribution in [1.29, 1.82) is 0 Å². The van der Waals surface area contributed by atoms with E-state index < -0.39 is 0 Å². The molecule has 4 heteroatoms. The first-order chi connectivity index (χ1) is 11.5. The van der Waals surface area contributed by atoms with Gasteiger partial charge in [-0.2, -0.15) is 0 Å². The molecule has 3 nitrogen and oxygen atoms in total. The van der Waals surface area contributed by atoms with Gasteiger partial charge in [-0.3, -0.25) is 9.79 Å². The van der Waals surface area contributed by atoms with Gasteiger partial charge in [0, 0.05) is 23.9 Å². The Hall–Kier alpha value is -2.20. The van der Waals surface area contributed by atoms with Gasteiger partial charge < -0.3 is 5.11 Å². The molecule has 2 aromatic rings. The van der Waals surface area contributed by atoms with Crippen LogP contribution in [0.3, 0.4) is 0 Å². The Balaban J connectivity index is 1.94. The van der Waals surface area contributed by atoms with Gasteiger partial charge in [0.15, 0.2) is 5.78 Å². The fourth-order valence-corrected chi connectivity index (χ4v) is 3.80. The van der Waals surface area contributed by atoms with Gasteiger partial charge in [-0.25, -0.2) is 0 Å². The van der Waals surface area contributed by atoms with Crippen LogP contribution in [0.2, 0.25) is 0 Å². The SMILES string of the molecule is CC1(C)CC(=O)C(C=NC(c2ccccc2)c2cccs2)=C(O)C1. The summed E-state index contributed by atoms with van der Waals surface area (Å²) in [6, 6.07) is 13.9. The molecule has 0 aliphatic heterocycles. The van der Waals surface area contributed by atoms with Crippen LogP contribution in [0.15, 0.2) is 64.2 Å². The number of Topliss-reactive ketones (excluding diaryl/α,β-unsaturated/α-hetero) is 1. The topological polar surface area (TPSA) is 49.7 Å². The number of nitrogens with zero attached hydrogens (tertiary/aromatic N) is 1. The average molecular weight is 339 g/mol. The average Bonchev–Trinajstić information content (AvgIpc) is 3.04. The predicted molar refractivity (Wildman–Crippen MR) is 98.8 cm³/mol. The minimum Gasteiger partial charge on any atom is -0.511 e. The molecular formula is C20H21NO2S. The van der Waals surface area contributed by atoms with Crippen LogP contribution >= 0.6 is 11.3 Å². The molecule has 0 spiro atoms. The van der Waals surface area contributed by atoms with Crippen LogP contribution in [-0.4, -0.2) is 17.1 Å². The van der Waals surface area contributed by atoms with E-state index in [4.69, 9.17) is 0 Å². The predicted octanol–water partition coefficient (Wildman–Crippen LogP) is 5.11. The lowest BCUT2D eigenvalue weighted by molar-refractivity contribution is -0.117. The molecule has 1 aliphatic rings. The Morgan fingerprint density at radius 1 is 1.17 bits per heavy atom. The largest absolute Gasteiger partial charge is 0.511 e. The van der Waals surface area contributed by atoms with Crippen LogP contribution in [0.25, 0.3) is 0 Å². The minimum absolute atomic E-state index is 0.0366. The Kier molecular flexibility index (Phi) is 4.67. The molecule has 0 saturated carbocycles. The number of carbonyl (C=O) groups excluding carboxylic acids is 1. The molecule has 1 aliphatic carbocycles. The first-order valence-electron chi connectivity index (χ1n) is 8.03. The van der Waals surface area contributed by atoms with Gasteiger partial charge in [-0.05, 0) is 22.4 Å². The third-order valence-corrected chi connectivity index (χ3v) is 5.10. The number of hydrogen-bond donors (Lipinski definition) is 1. The molecule has 1 atom stereocenters. The Morgan fingerprint density at radius 3 is 2.54 bits per heavy atom. The number of aliphatic imine (C=N–C) groups is 1. The molecule has 1 unspecified atom stereocenters. The maximum absolute atomic E-state index is 12.3. The van der Waals surface area contributed by atoms with Crippen LogP contribution in [0, 0.1) is 5.41 Å². The van der Waals surface area contributed by atoms with E-state index >= 15 is 0 Å². The monoisotopic (exact) mass is 339 g/mol. The highest BCUT2D eigenvalue weighted by molar-refractivity contribution is 7.10. The van der Waals surface area contributed by atoms with Crippen molar-refractivity contribution in [2.45, 2.75) is 32.7 Å². The summed E-state index contributed by atoms with van der Waals surface area (Å²) in [5.41, 5.74) is 1.23. The summed E-state index contributed by atoms with van der Waals surface area (Å²) < 4.78 is 0. The van der Waals surface area contributed by atoms with E-state index in [0.29, 0.717) is 18.4 Å². The third-order valence-electron chi connectivity index (χ3n) is 4.18. The standard InChI is InChI=1S/C20H21NO2S/c1-20(2)11-16(22)15(17(23)12-20)13-21-19(18-9-6-10-24-18)14-7-4-3-5-8-14/h3-10,13,19,22H,11-12H2,1-2H3. The van der Waals surface area contributed by atoms with Crippen molar-refractivity contribution in [3.05, 3.63) is 69.6 Å². The molecule has 3 rings (SSSR count). The van der Waals surface area contributed by atoms with E-state index in [2.05, 4.69) is 4.99 Å². The van der Waals surface area contributed by atoms with Gasteiger partial charge in [0.25, 0.3) is 0 Å². The summed E-state index contributed by atoms with van der Waals surface area (Å²) in [5.74, 6) is 0.114. The number of benzene rings is 1. The van der Waals surface area contributed by atoms with Gasteiger partial charge >= 0.3 is 0 Å². The molecule has 1 aromatic carbocycles. The second-order valence-electron chi connectivity index (χ2n) is 6.91. The number of thiophene rings is 1. The lowest BCUT2D eigenvalue weighted by atomic mass is 9.77. The molecule has 0 amide bonds. The molecule has 1 aromatic heterocycles. The molecule has 1 N–H and O–H groups in total. The van der Waals surface area contributed by atoms with Crippen molar-refractivity contribution in [3.63, 3.8) is 0 Å². The van der Waals surface area contributed by atoms with E-state index in [1.54, 1.807) is 17.6 Å². The zero-order chi connectivity index (χ0) is 17.2. The zero-order valence-electron chi connectivity index (χ0n) is 13.9. The van der Waals surface area contributed by atoms with Gasteiger partial charge in [0.1, 0.15) is 11.8 Å². The van der Waals surface area contributed by atoms with Crippen molar-refractivity contribution >= 4 is 23.3 Å². The Bertz CT molecular complexity index is 773. The minimum atomic E-state index is -0.189. The molecule has 0 bridgehead atoms. The summed E-state index contributed by atoms with van der Waals surface area (Å²) in [7, 11) is 0. The van der Waals surface area contributed by atoms with Crippen LogP contribution in [0.1, 0.15) is 43.2 Å². The number of rotatable bonds is 4. The van der Waals surface area contributed by atoms with Crippen LogP contribution in [0.4, 0.5) is 0 Å². The van der Waals surface area contributed by atoms with E-state index in [0.717, 1.165) is 10.4 Å². The van der Waals surface area contributed by atoms with Gasteiger partial charge in [-0.15, -0.1) is 11.3 Å². The molecular weight excluding hydrogens is 318 g/mol. The van der Waals surface area contributed by atoms with Crippen molar-refractivity contribution in [1.82, 2.24) is 0 Å². The number of carbonyl (C=O) groups is 1. The first-order valence-corrected chi connectivity index (χ1v) is 8.91. The lowest BCUT2D eigenvalue weighted by Gasteiger charge is -2.28. The Morgan fingerprint density at radius 2 is 1.92 bits per heavy atom. The summed E-state index contributed by atoms with van der Waals surface area (Å²) in [4.78, 5) is 18.1. The van der Waals surface area contributed by atoms with Gasteiger partial charge in [-0.1, -0.05) is 50.2 Å². The van der Waals surface area contributed by atoms with Crippen LogP contribution in [-0.2, 0) is 4.79 Å². The van der Waals surface area contributed by atoms with Gasteiger partial charge in [0.2, 0.25) is 0 Å². The van der Waals surface area contributed by atoms with Gasteiger partial charge in [0.05, 0.1) is 5.57 Å². The summed E-state index contributed by atoms with van der Waals surface area (Å²) in [6.45, 7) is 3.99. The fourth-order valence-electron chi connectivity index (χ4n) is 3.00. The second kappa shape index (κ2) is 6.73. The van der Waals surface area contributed by atoms with Crippen molar-refractivity contribution < 1.29 is 9.90 Å². The number of ketones is 1. The quantitative estimate of drug-likeness (QED) is 0.787. The van der Waals surface area contributed by atoms with E-state index in [1.165, 1.54) is 0 Å². The molecule has 1 heterocycles. The van der Waals surface area contributed by atoms with Crippen LogP contribution < -0.4 is 0 Å². The molecule has 0 radical (unpaired) electrons. The maximum Gasteiger partial charge on any atom is 0.168 e. The second-order valence-corrected chi connectivity index (χ2v) is 7.89. The number of allylic oxidation sites excluding steroid dienone is 2. The van der Waals surface area contributed by atoms with Crippen molar-refractivity contribution in [2.75, 3.05) is 0 Å². The first kappa shape index (κ1) is 16.7. The van der Waals surface area contributed by atoms with E-state index in [9.17, 15) is 9.90 Å². The number of hydrogen-bond acceptors (Lipinski definition) is 4. The Labute approximate surface area is 146 Å². The van der Waals surface area contributed by atoms with Crippen LogP contribution in [0.5, 0.6) is 0 Å². The third kappa shape index (κ3) is 3.65. The highest BCUT2D eigenvalue weighted by Crippen LogP contribution is 2.36. The van der Waals surface area contributed by atoms with E-state index in [1.807, 2.05) is 61.7 Å². The number of aliphatic hydroxyl groups is 1. The fraction of sp³-hybridized carbons (Fsp3) is 0.300. The molecule has 0 saturated heterocycles. The zero-order valence-corrected chi connectivity index (χ0v) is 14.7. The maximum atomic E-state index is 12.3. The highest BCUT2D eigenvalue weighted by atomic mass is 32.1. The normalized spacial score (nSPS) is 19.0. The highest BCUT2D eigenvalue weighted by Gasteiger charge is 2.32. The molecule has 124 valence electrons.